The lowest BCUT2D eigenvalue weighted by molar-refractivity contribution is -0.138. The Hall–Kier alpha value is -1.91. The van der Waals surface area contributed by atoms with Crippen LogP contribution < -0.4 is 5.32 Å². The van der Waals surface area contributed by atoms with Crippen LogP contribution in [0.5, 0.6) is 5.75 Å². The van der Waals surface area contributed by atoms with Gasteiger partial charge in [-0.2, -0.15) is 0 Å². The summed E-state index contributed by atoms with van der Waals surface area (Å²) in [5.41, 5.74) is 0.431. The number of benzene rings is 1. The third-order valence-corrected chi connectivity index (χ3v) is 4.76. The van der Waals surface area contributed by atoms with Crippen molar-refractivity contribution in [2.45, 2.75) is 0 Å². The van der Waals surface area contributed by atoms with Crippen LogP contribution in [-0.4, -0.2) is 50.3 Å². The van der Waals surface area contributed by atoms with Gasteiger partial charge in [0.2, 0.25) is 5.91 Å². The van der Waals surface area contributed by atoms with E-state index in [9.17, 15) is 19.5 Å². The molecule has 1 heterocycles. The standard InChI is InChI=1S/C14H11BrN2O5S2/c15-8-1-2-9(18)7(3-8)4-10-13(22)17(14(23)24-10)6-11(19)16-5-12(20)21/h1-4,18H,5-6H2,(H,16,19)(H,20,21)/b10-4-. The predicted octanol–water partition coefficient (Wildman–Crippen LogP) is 1.56. The van der Waals surface area contributed by atoms with Gasteiger partial charge in [0.15, 0.2) is 0 Å². The van der Waals surface area contributed by atoms with Crippen molar-refractivity contribution in [3.8, 4) is 5.75 Å². The van der Waals surface area contributed by atoms with Gasteiger partial charge in [-0.25, -0.2) is 0 Å². The molecule has 1 aromatic rings. The lowest BCUT2D eigenvalue weighted by atomic mass is 10.2. The quantitative estimate of drug-likeness (QED) is 0.480. The van der Waals surface area contributed by atoms with E-state index in [1.165, 1.54) is 12.1 Å². The minimum atomic E-state index is -1.18. The van der Waals surface area contributed by atoms with Gasteiger partial charge in [-0.3, -0.25) is 19.3 Å². The van der Waals surface area contributed by atoms with Gasteiger partial charge >= 0.3 is 5.97 Å². The van der Waals surface area contributed by atoms with Crippen molar-refractivity contribution in [2.24, 2.45) is 0 Å². The number of hydrogen-bond acceptors (Lipinski definition) is 6. The van der Waals surface area contributed by atoms with Crippen LogP contribution in [0.2, 0.25) is 0 Å². The average Bonchev–Trinajstić information content (AvgIpc) is 2.76. The van der Waals surface area contributed by atoms with Crippen LogP contribution in [0, 0.1) is 0 Å². The highest BCUT2D eigenvalue weighted by molar-refractivity contribution is 9.10. The molecular weight excluding hydrogens is 420 g/mol. The number of amides is 2. The van der Waals surface area contributed by atoms with Crippen LogP contribution in [-0.2, 0) is 14.4 Å². The second kappa shape index (κ2) is 7.77. The largest absolute Gasteiger partial charge is 0.507 e. The van der Waals surface area contributed by atoms with Gasteiger partial charge in [-0.1, -0.05) is 39.9 Å². The van der Waals surface area contributed by atoms with Crippen LogP contribution in [0.4, 0.5) is 0 Å². The molecule has 1 aromatic carbocycles. The first-order chi connectivity index (χ1) is 11.3. The number of phenols is 1. The summed E-state index contributed by atoms with van der Waals surface area (Å²) in [5, 5.41) is 20.5. The zero-order valence-corrected chi connectivity index (χ0v) is 15.2. The van der Waals surface area contributed by atoms with E-state index < -0.39 is 24.3 Å². The first-order valence-corrected chi connectivity index (χ1v) is 8.52. The summed E-state index contributed by atoms with van der Waals surface area (Å²) in [6, 6.07) is 4.78. The molecule has 7 nitrogen and oxygen atoms in total. The Bertz CT molecular complexity index is 766. The molecule has 0 aromatic heterocycles. The second-order valence-electron chi connectivity index (χ2n) is 4.64. The summed E-state index contributed by atoms with van der Waals surface area (Å²) >= 11 is 9.36. The fourth-order valence-electron chi connectivity index (χ4n) is 1.79. The smallest absolute Gasteiger partial charge is 0.322 e. The molecule has 1 aliphatic rings. The molecule has 1 saturated heterocycles. The molecule has 1 aliphatic heterocycles. The second-order valence-corrected chi connectivity index (χ2v) is 7.23. The number of thiocarbonyl (C=S) groups is 1. The monoisotopic (exact) mass is 430 g/mol. The molecule has 2 rings (SSSR count). The van der Waals surface area contributed by atoms with E-state index in [2.05, 4.69) is 21.2 Å². The normalized spacial score (nSPS) is 15.9. The van der Waals surface area contributed by atoms with Gasteiger partial charge in [0, 0.05) is 10.0 Å². The van der Waals surface area contributed by atoms with Crippen LogP contribution in [0.25, 0.3) is 6.08 Å². The van der Waals surface area contributed by atoms with Gasteiger partial charge in [0.05, 0.1) is 4.91 Å². The van der Waals surface area contributed by atoms with Crippen molar-refractivity contribution in [3.63, 3.8) is 0 Å². The Balaban J connectivity index is 2.13. The average molecular weight is 431 g/mol. The Morgan fingerprint density at radius 3 is 2.79 bits per heavy atom. The Morgan fingerprint density at radius 2 is 2.12 bits per heavy atom. The summed E-state index contributed by atoms with van der Waals surface area (Å²) in [5.74, 6) is -2.28. The van der Waals surface area contributed by atoms with E-state index in [4.69, 9.17) is 17.3 Å². The van der Waals surface area contributed by atoms with Gasteiger partial charge in [0.1, 0.15) is 23.2 Å². The van der Waals surface area contributed by atoms with E-state index in [0.29, 0.717) is 5.56 Å². The Kier molecular flexibility index (Phi) is 5.97. The number of halogens is 1. The van der Waals surface area contributed by atoms with Gasteiger partial charge in [-0.15, -0.1) is 0 Å². The number of hydrogen-bond donors (Lipinski definition) is 3. The highest BCUT2D eigenvalue weighted by Gasteiger charge is 2.33. The number of carboxylic acid groups (broad SMARTS) is 1. The first kappa shape index (κ1) is 18.4. The van der Waals surface area contributed by atoms with Gasteiger partial charge in [0.25, 0.3) is 5.91 Å². The van der Waals surface area contributed by atoms with Crippen LogP contribution in [0.3, 0.4) is 0 Å². The Morgan fingerprint density at radius 1 is 1.42 bits per heavy atom. The number of carboxylic acids is 1. The molecule has 0 bridgehead atoms. The summed E-state index contributed by atoms with van der Waals surface area (Å²) in [7, 11) is 0. The number of carbonyl (C=O) groups is 3. The van der Waals surface area contributed by atoms with Crippen molar-refractivity contribution < 1.29 is 24.6 Å². The van der Waals surface area contributed by atoms with Crippen molar-refractivity contribution in [3.05, 3.63) is 33.1 Å². The zero-order valence-electron chi connectivity index (χ0n) is 12.0. The van der Waals surface area contributed by atoms with Crippen molar-refractivity contribution in [1.82, 2.24) is 10.2 Å². The maximum Gasteiger partial charge on any atom is 0.322 e. The molecule has 2 amide bonds. The number of nitrogens with one attached hydrogen (secondary N) is 1. The van der Waals surface area contributed by atoms with E-state index in [1.807, 2.05) is 0 Å². The zero-order chi connectivity index (χ0) is 17.9. The molecule has 0 unspecified atom stereocenters. The summed E-state index contributed by atoms with van der Waals surface area (Å²) < 4.78 is 0.918. The van der Waals surface area contributed by atoms with Gasteiger partial charge in [-0.05, 0) is 24.3 Å². The molecule has 10 heteroatoms. The number of aromatic hydroxyl groups is 1. The Labute approximate surface area is 154 Å². The van der Waals surface area contributed by atoms with Gasteiger partial charge < -0.3 is 15.5 Å². The minimum Gasteiger partial charge on any atom is -0.507 e. The van der Waals surface area contributed by atoms with Crippen LogP contribution in [0.1, 0.15) is 5.56 Å². The maximum atomic E-state index is 12.3. The van der Waals surface area contributed by atoms with E-state index >= 15 is 0 Å². The lowest BCUT2D eigenvalue weighted by Gasteiger charge is -2.13. The number of nitrogens with zero attached hydrogens (tertiary/aromatic N) is 1. The van der Waals surface area contributed by atoms with Crippen molar-refractivity contribution in [2.75, 3.05) is 13.1 Å². The molecule has 0 radical (unpaired) electrons. The molecule has 0 aliphatic carbocycles. The number of carbonyl (C=O) groups excluding carboxylic acids is 2. The molecule has 24 heavy (non-hydrogen) atoms. The third kappa shape index (κ3) is 4.56. The first-order valence-electron chi connectivity index (χ1n) is 6.50. The molecular formula is C14H11BrN2O5S2. The highest BCUT2D eigenvalue weighted by Crippen LogP contribution is 2.34. The fourth-order valence-corrected chi connectivity index (χ4v) is 3.42. The molecule has 126 valence electrons. The molecule has 3 N–H and O–H groups in total. The van der Waals surface area contributed by atoms with Crippen LogP contribution in [0.15, 0.2) is 27.6 Å². The minimum absolute atomic E-state index is 0.00247. The summed E-state index contributed by atoms with van der Waals surface area (Å²) in [4.78, 5) is 35.8. The summed E-state index contributed by atoms with van der Waals surface area (Å²) in [6.45, 7) is -0.894. The molecule has 0 atom stereocenters. The fraction of sp³-hybridized carbons (Fsp3) is 0.143. The maximum absolute atomic E-state index is 12.3. The number of rotatable bonds is 5. The van der Waals surface area contributed by atoms with E-state index in [-0.39, 0.29) is 21.5 Å². The topological polar surface area (TPSA) is 107 Å². The number of aliphatic carboxylic acids is 1. The highest BCUT2D eigenvalue weighted by atomic mass is 79.9. The third-order valence-electron chi connectivity index (χ3n) is 2.89. The van der Waals surface area contributed by atoms with Crippen LogP contribution >= 0.6 is 39.9 Å². The van der Waals surface area contributed by atoms with E-state index in [0.717, 1.165) is 21.1 Å². The molecule has 1 fully saturated rings. The number of thioether (sulfide) groups is 1. The molecule has 0 saturated carbocycles. The SMILES string of the molecule is O=C(O)CNC(=O)CN1C(=O)/C(=C/c2cc(Br)ccc2O)SC1=S. The van der Waals surface area contributed by atoms with Crippen molar-refractivity contribution >= 4 is 68.1 Å². The predicted molar refractivity (Wildman–Crippen MR) is 96.3 cm³/mol. The number of phenolic OH excluding ortho intramolecular Hbond substituents is 1. The van der Waals surface area contributed by atoms with Crippen molar-refractivity contribution in [1.29, 1.82) is 0 Å². The van der Waals surface area contributed by atoms with E-state index in [1.54, 1.807) is 12.1 Å². The lowest BCUT2D eigenvalue weighted by Crippen LogP contribution is -2.41. The summed E-state index contributed by atoms with van der Waals surface area (Å²) in [6.07, 6.45) is 1.48. The molecule has 0 spiro atoms.